The molecule has 1 amide bonds. The number of benzene rings is 2. The molecule has 1 fully saturated rings. The molecule has 1 aliphatic carbocycles. The number of H-pyrrole nitrogens is 1. The van der Waals surface area contributed by atoms with Gasteiger partial charge in [0.05, 0.1) is 5.41 Å². The van der Waals surface area contributed by atoms with Gasteiger partial charge in [-0.25, -0.2) is 0 Å². The molecule has 2 aromatic carbocycles. The summed E-state index contributed by atoms with van der Waals surface area (Å²) in [5.41, 5.74) is 4.78. The van der Waals surface area contributed by atoms with Crippen LogP contribution in [-0.4, -0.2) is 17.7 Å². The quantitative estimate of drug-likeness (QED) is 0.648. The minimum Gasteiger partial charge on any atom is -0.454 e. The number of amides is 1. The average Bonchev–Trinajstić information content (AvgIpc) is 3.15. The lowest BCUT2D eigenvalue weighted by atomic mass is 9.92. The summed E-state index contributed by atoms with van der Waals surface area (Å²) in [6.45, 7) is 8.84. The van der Waals surface area contributed by atoms with Crippen molar-refractivity contribution in [3.05, 3.63) is 53.2 Å². The number of aryl methyl sites for hydroxylation is 1. The van der Waals surface area contributed by atoms with Crippen LogP contribution in [-0.2, 0) is 15.6 Å². The Balaban J connectivity index is 1.44. The Morgan fingerprint density at radius 3 is 2.55 bits per heavy atom. The summed E-state index contributed by atoms with van der Waals surface area (Å²) in [5, 5.41) is 4.31. The molecule has 0 saturated heterocycles. The molecule has 5 heteroatoms. The summed E-state index contributed by atoms with van der Waals surface area (Å²) in [4.78, 5) is 16.8. The standard InChI is InChI=1S/C24H26N2O3/c1-14-9-18-15(11-21(25-18)23(2,3)4)10-17(14)26-22(27)24(7-8-24)16-5-6-19-20(12-16)29-13-28-19/h5-6,9-12,25H,7-8,13H2,1-4H3,(H,26,27). The lowest BCUT2D eigenvalue weighted by molar-refractivity contribution is -0.118. The highest BCUT2D eigenvalue weighted by molar-refractivity contribution is 6.03. The third-order valence-corrected chi connectivity index (χ3v) is 6.13. The second-order valence-electron chi connectivity index (χ2n) is 9.29. The summed E-state index contributed by atoms with van der Waals surface area (Å²) in [6, 6.07) is 12.2. The van der Waals surface area contributed by atoms with Gasteiger partial charge in [0.1, 0.15) is 0 Å². The van der Waals surface area contributed by atoms with Gasteiger partial charge in [-0.05, 0) is 61.2 Å². The van der Waals surface area contributed by atoms with Gasteiger partial charge in [-0.2, -0.15) is 0 Å². The summed E-state index contributed by atoms with van der Waals surface area (Å²) in [5.74, 6) is 1.51. The van der Waals surface area contributed by atoms with E-state index in [0.29, 0.717) is 0 Å². The Bertz CT molecular complexity index is 1130. The van der Waals surface area contributed by atoms with E-state index in [-0.39, 0.29) is 18.1 Å². The zero-order chi connectivity index (χ0) is 20.4. The van der Waals surface area contributed by atoms with Gasteiger partial charge in [-0.3, -0.25) is 4.79 Å². The van der Waals surface area contributed by atoms with Gasteiger partial charge in [0.2, 0.25) is 12.7 Å². The number of ether oxygens (including phenoxy) is 2. The van der Waals surface area contributed by atoms with Crippen LogP contribution in [0.2, 0.25) is 0 Å². The van der Waals surface area contributed by atoms with Crippen LogP contribution in [0.15, 0.2) is 36.4 Å². The summed E-state index contributed by atoms with van der Waals surface area (Å²) in [6.07, 6.45) is 1.69. The van der Waals surface area contributed by atoms with E-state index < -0.39 is 5.41 Å². The van der Waals surface area contributed by atoms with Crippen molar-refractivity contribution in [2.75, 3.05) is 12.1 Å². The molecule has 1 aromatic heterocycles. The normalized spacial score (nSPS) is 16.8. The van der Waals surface area contributed by atoms with E-state index in [2.05, 4.69) is 49.3 Å². The molecule has 150 valence electrons. The van der Waals surface area contributed by atoms with Crippen LogP contribution < -0.4 is 14.8 Å². The predicted molar refractivity (Wildman–Crippen MR) is 114 cm³/mol. The molecule has 0 spiro atoms. The van der Waals surface area contributed by atoms with Crippen molar-refractivity contribution in [2.45, 2.75) is 51.4 Å². The SMILES string of the molecule is Cc1cc2[nH]c(C(C)(C)C)cc2cc1NC(=O)C1(c2ccc3c(c2)OCO3)CC1. The number of aromatic nitrogens is 1. The van der Waals surface area contributed by atoms with Crippen molar-refractivity contribution in [1.82, 2.24) is 4.98 Å². The van der Waals surface area contributed by atoms with Crippen LogP contribution in [0.3, 0.4) is 0 Å². The van der Waals surface area contributed by atoms with Crippen molar-refractivity contribution >= 4 is 22.5 Å². The molecule has 29 heavy (non-hydrogen) atoms. The number of hydrogen-bond acceptors (Lipinski definition) is 3. The molecule has 1 saturated carbocycles. The van der Waals surface area contributed by atoms with Crippen LogP contribution in [0.1, 0.15) is 50.4 Å². The van der Waals surface area contributed by atoms with Gasteiger partial charge in [0.15, 0.2) is 11.5 Å². The van der Waals surface area contributed by atoms with Crippen LogP contribution >= 0.6 is 0 Å². The zero-order valence-electron chi connectivity index (χ0n) is 17.3. The molecule has 5 rings (SSSR count). The molecule has 0 atom stereocenters. The lowest BCUT2D eigenvalue weighted by Gasteiger charge is -2.17. The molecular formula is C24H26N2O3. The molecule has 2 aliphatic rings. The van der Waals surface area contributed by atoms with E-state index in [9.17, 15) is 4.79 Å². The van der Waals surface area contributed by atoms with Gasteiger partial charge >= 0.3 is 0 Å². The Morgan fingerprint density at radius 1 is 1.07 bits per heavy atom. The highest BCUT2D eigenvalue weighted by Crippen LogP contribution is 2.51. The van der Waals surface area contributed by atoms with Gasteiger partial charge in [-0.1, -0.05) is 26.8 Å². The van der Waals surface area contributed by atoms with Crippen LogP contribution in [0.5, 0.6) is 11.5 Å². The molecule has 3 aromatic rings. The topological polar surface area (TPSA) is 63.4 Å². The number of rotatable bonds is 3. The monoisotopic (exact) mass is 390 g/mol. The van der Waals surface area contributed by atoms with Crippen molar-refractivity contribution in [1.29, 1.82) is 0 Å². The highest BCUT2D eigenvalue weighted by atomic mass is 16.7. The summed E-state index contributed by atoms with van der Waals surface area (Å²) in [7, 11) is 0. The first-order valence-corrected chi connectivity index (χ1v) is 10.1. The molecule has 2 heterocycles. The third kappa shape index (κ3) is 2.96. The molecule has 1 aliphatic heterocycles. The van der Waals surface area contributed by atoms with E-state index >= 15 is 0 Å². The number of fused-ring (bicyclic) bond motifs is 2. The Hall–Kier alpha value is -2.95. The smallest absolute Gasteiger partial charge is 0.235 e. The first-order valence-electron chi connectivity index (χ1n) is 10.1. The van der Waals surface area contributed by atoms with E-state index in [1.807, 2.05) is 25.1 Å². The van der Waals surface area contributed by atoms with Gasteiger partial charge < -0.3 is 19.8 Å². The number of carbonyl (C=O) groups excluding carboxylic acids is 1. The maximum absolute atomic E-state index is 13.3. The fourth-order valence-electron chi connectivity index (χ4n) is 4.04. The first kappa shape index (κ1) is 18.1. The second-order valence-corrected chi connectivity index (χ2v) is 9.29. The number of aromatic amines is 1. The third-order valence-electron chi connectivity index (χ3n) is 6.13. The van der Waals surface area contributed by atoms with E-state index in [1.165, 1.54) is 5.69 Å². The molecule has 5 nitrogen and oxygen atoms in total. The van der Waals surface area contributed by atoms with Gasteiger partial charge in [0, 0.05) is 27.7 Å². The van der Waals surface area contributed by atoms with Crippen LogP contribution in [0.4, 0.5) is 5.69 Å². The van der Waals surface area contributed by atoms with E-state index in [0.717, 1.165) is 52.1 Å². The first-order chi connectivity index (χ1) is 13.8. The molecular weight excluding hydrogens is 364 g/mol. The van der Waals surface area contributed by atoms with Crippen molar-refractivity contribution in [3.63, 3.8) is 0 Å². The number of nitrogens with one attached hydrogen (secondary N) is 2. The Labute approximate surface area is 170 Å². The Morgan fingerprint density at radius 2 is 1.83 bits per heavy atom. The molecule has 2 N–H and O–H groups in total. The zero-order valence-corrected chi connectivity index (χ0v) is 17.3. The molecule has 0 radical (unpaired) electrons. The van der Waals surface area contributed by atoms with Gasteiger partial charge in [-0.15, -0.1) is 0 Å². The molecule has 0 unspecified atom stereocenters. The van der Waals surface area contributed by atoms with E-state index in [4.69, 9.17) is 9.47 Å². The predicted octanol–water partition coefficient (Wildman–Crippen LogP) is 5.17. The average molecular weight is 390 g/mol. The van der Waals surface area contributed by atoms with Crippen molar-refractivity contribution in [3.8, 4) is 11.5 Å². The fourth-order valence-corrected chi connectivity index (χ4v) is 4.04. The highest BCUT2D eigenvalue weighted by Gasteiger charge is 2.51. The minimum atomic E-state index is -0.475. The maximum Gasteiger partial charge on any atom is 0.235 e. The summed E-state index contributed by atoms with van der Waals surface area (Å²) < 4.78 is 10.9. The largest absolute Gasteiger partial charge is 0.454 e. The van der Waals surface area contributed by atoms with E-state index in [1.54, 1.807) is 0 Å². The number of hydrogen-bond donors (Lipinski definition) is 2. The van der Waals surface area contributed by atoms with Crippen molar-refractivity contribution < 1.29 is 14.3 Å². The van der Waals surface area contributed by atoms with Crippen LogP contribution in [0, 0.1) is 6.92 Å². The maximum atomic E-state index is 13.3. The number of anilines is 1. The fraction of sp³-hybridized carbons (Fsp3) is 0.375. The summed E-state index contributed by atoms with van der Waals surface area (Å²) >= 11 is 0. The molecule has 0 bridgehead atoms. The lowest BCUT2D eigenvalue weighted by Crippen LogP contribution is -2.28. The number of carbonyl (C=O) groups is 1. The second kappa shape index (κ2) is 6.02. The van der Waals surface area contributed by atoms with Crippen LogP contribution in [0.25, 0.3) is 10.9 Å². The Kier molecular flexibility index (Phi) is 3.76. The van der Waals surface area contributed by atoms with Crippen molar-refractivity contribution in [2.24, 2.45) is 0 Å². The van der Waals surface area contributed by atoms with Gasteiger partial charge in [0.25, 0.3) is 0 Å². The minimum absolute atomic E-state index is 0.0467.